The van der Waals surface area contributed by atoms with Crippen molar-refractivity contribution in [2.45, 2.75) is 19.5 Å². The van der Waals surface area contributed by atoms with Crippen molar-refractivity contribution < 1.29 is 9.15 Å². The summed E-state index contributed by atoms with van der Waals surface area (Å²) in [6, 6.07) is 11.9. The van der Waals surface area contributed by atoms with E-state index >= 15 is 0 Å². The van der Waals surface area contributed by atoms with Crippen molar-refractivity contribution in [1.29, 1.82) is 0 Å². The number of furan rings is 1. The zero-order chi connectivity index (χ0) is 13.0. The van der Waals surface area contributed by atoms with Crippen LogP contribution < -0.4 is 10.1 Å². The molecule has 0 amide bonds. The molecule has 1 heterocycles. The SMILES string of the molecule is COc1ccc(C(C)NCc2ccc(Cl)o2)cc1. The van der Waals surface area contributed by atoms with Gasteiger partial charge in [0.2, 0.25) is 0 Å². The van der Waals surface area contributed by atoms with Crippen LogP contribution in [0.1, 0.15) is 24.3 Å². The monoisotopic (exact) mass is 265 g/mol. The smallest absolute Gasteiger partial charge is 0.193 e. The average molecular weight is 266 g/mol. The number of nitrogens with one attached hydrogen (secondary N) is 1. The summed E-state index contributed by atoms with van der Waals surface area (Å²) in [7, 11) is 1.66. The highest BCUT2D eigenvalue weighted by Gasteiger charge is 2.06. The Morgan fingerprint density at radius 1 is 1.22 bits per heavy atom. The van der Waals surface area contributed by atoms with Crippen molar-refractivity contribution >= 4 is 11.6 Å². The van der Waals surface area contributed by atoms with Crippen LogP contribution in [0.25, 0.3) is 0 Å². The molecule has 1 aromatic carbocycles. The van der Waals surface area contributed by atoms with Crippen molar-refractivity contribution in [3.05, 3.63) is 52.9 Å². The number of halogens is 1. The first-order chi connectivity index (χ1) is 8.69. The van der Waals surface area contributed by atoms with Gasteiger partial charge in [0.25, 0.3) is 0 Å². The maximum atomic E-state index is 5.72. The molecule has 1 atom stereocenters. The van der Waals surface area contributed by atoms with Crippen molar-refractivity contribution in [2.75, 3.05) is 7.11 Å². The van der Waals surface area contributed by atoms with Gasteiger partial charge < -0.3 is 14.5 Å². The van der Waals surface area contributed by atoms with E-state index in [-0.39, 0.29) is 6.04 Å². The molecule has 0 bridgehead atoms. The van der Waals surface area contributed by atoms with Gasteiger partial charge in [0.1, 0.15) is 11.5 Å². The number of ether oxygens (including phenoxy) is 1. The third-order valence-corrected chi connectivity index (χ3v) is 3.03. The van der Waals surface area contributed by atoms with E-state index in [4.69, 9.17) is 20.8 Å². The van der Waals surface area contributed by atoms with Gasteiger partial charge in [-0.3, -0.25) is 0 Å². The second-order valence-electron chi connectivity index (χ2n) is 4.08. The van der Waals surface area contributed by atoms with Crippen molar-refractivity contribution in [3.8, 4) is 5.75 Å². The molecular weight excluding hydrogens is 250 g/mol. The molecule has 0 aliphatic rings. The zero-order valence-corrected chi connectivity index (χ0v) is 11.2. The van der Waals surface area contributed by atoms with E-state index in [1.807, 2.05) is 30.3 Å². The predicted molar refractivity (Wildman–Crippen MR) is 72.0 cm³/mol. The van der Waals surface area contributed by atoms with Gasteiger partial charge in [0, 0.05) is 6.04 Å². The van der Waals surface area contributed by atoms with E-state index in [1.54, 1.807) is 13.2 Å². The van der Waals surface area contributed by atoms with Crippen LogP contribution in [0.5, 0.6) is 5.75 Å². The van der Waals surface area contributed by atoms with Gasteiger partial charge in [-0.15, -0.1) is 0 Å². The van der Waals surface area contributed by atoms with E-state index in [1.165, 1.54) is 5.56 Å². The first-order valence-electron chi connectivity index (χ1n) is 5.80. The third kappa shape index (κ3) is 3.28. The molecule has 1 N–H and O–H groups in total. The maximum absolute atomic E-state index is 5.72. The van der Waals surface area contributed by atoms with Gasteiger partial charge in [-0.2, -0.15) is 0 Å². The first-order valence-corrected chi connectivity index (χ1v) is 6.18. The van der Waals surface area contributed by atoms with Gasteiger partial charge in [0.05, 0.1) is 13.7 Å². The van der Waals surface area contributed by atoms with Crippen LogP contribution in [-0.2, 0) is 6.54 Å². The maximum Gasteiger partial charge on any atom is 0.193 e. The molecule has 3 nitrogen and oxygen atoms in total. The standard InChI is InChI=1S/C14H16ClNO2/c1-10(11-3-5-12(17-2)6-4-11)16-9-13-7-8-14(15)18-13/h3-8,10,16H,9H2,1-2H3. The molecule has 0 aliphatic heterocycles. The fourth-order valence-electron chi connectivity index (χ4n) is 1.71. The van der Waals surface area contributed by atoms with Crippen molar-refractivity contribution in [3.63, 3.8) is 0 Å². The molecule has 0 saturated heterocycles. The minimum absolute atomic E-state index is 0.236. The molecule has 0 spiro atoms. The Bertz CT molecular complexity index is 493. The Kier molecular flexibility index (Phi) is 4.28. The number of benzene rings is 1. The molecular formula is C14H16ClNO2. The summed E-state index contributed by atoms with van der Waals surface area (Å²) >= 11 is 5.72. The second-order valence-corrected chi connectivity index (χ2v) is 4.45. The number of hydrogen-bond acceptors (Lipinski definition) is 3. The van der Waals surface area contributed by atoms with Gasteiger partial charge in [-0.25, -0.2) is 0 Å². The van der Waals surface area contributed by atoms with Gasteiger partial charge in [-0.1, -0.05) is 12.1 Å². The molecule has 0 radical (unpaired) electrons. The van der Waals surface area contributed by atoms with Crippen molar-refractivity contribution in [2.24, 2.45) is 0 Å². The van der Waals surface area contributed by atoms with Gasteiger partial charge in [-0.05, 0) is 48.4 Å². The largest absolute Gasteiger partial charge is 0.497 e. The summed E-state index contributed by atoms with van der Waals surface area (Å²) in [6.07, 6.45) is 0. The minimum Gasteiger partial charge on any atom is -0.497 e. The highest BCUT2D eigenvalue weighted by molar-refractivity contribution is 6.28. The van der Waals surface area contributed by atoms with Gasteiger partial charge >= 0.3 is 0 Å². The topological polar surface area (TPSA) is 34.4 Å². The van der Waals surface area contributed by atoms with Gasteiger partial charge in [0.15, 0.2) is 5.22 Å². The Morgan fingerprint density at radius 3 is 2.50 bits per heavy atom. The normalized spacial score (nSPS) is 12.4. The van der Waals surface area contributed by atoms with E-state index < -0.39 is 0 Å². The fraction of sp³-hybridized carbons (Fsp3) is 0.286. The molecule has 18 heavy (non-hydrogen) atoms. The quantitative estimate of drug-likeness (QED) is 0.893. The fourth-order valence-corrected chi connectivity index (χ4v) is 1.87. The molecule has 4 heteroatoms. The average Bonchev–Trinajstić information content (AvgIpc) is 2.82. The molecule has 2 aromatic rings. The molecule has 1 unspecified atom stereocenters. The molecule has 1 aromatic heterocycles. The van der Waals surface area contributed by atoms with Crippen LogP contribution in [0.15, 0.2) is 40.8 Å². The lowest BCUT2D eigenvalue weighted by Crippen LogP contribution is -2.17. The van der Waals surface area contributed by atoms with E-state index in [0.29, 0.717) is 11.8 Å². The van der Waals surface area contributed by atoms with Crippen LogP contribution in [0.3, 0.4) is 0 Å². The number of hydrogen-bond donors (Lipinski definition) is 1. The van der Waals surface area contributed by atoms with E-state index in [2.05, 4.69) is 12.2 Å². The predicted octanol–water partition coefficient (Wildman–Crippen LogP) is 3.79. The minimum atomic E-state index is 0.236. The number of rotatable bonds is 5. The third-order valence-electron chi connectivity index (χ3n) is 2.83. The van der Waals surface area contributed by atoms with E-state index in [0.717, 1.165) is 11.5 Å². The summed E-state index contributed by atoms with van der Waals surface area (Å²) in [5.41, 5.74) is 1.20. The lowest BCUT2D eigenvalue weighted by molar-refractivity contribution is 0.414. The Hall–Kier alpha value is -1.45. The molecule has 2 rings (SSSR count). The first kappa shape index (κ1) is 13.0. The van der Waals surface area contributed by atoms with E-state index in [9.17, 15) is 0 Å². The van der Waals surface area contributed by atoms with Crippen LogP contribution in [0.4, 0.5) is 0 Å². The zero-order valence-electron chi connectivity index (χ0n) is 10.4. The lowest BCUT2D eigenvalue weighted by atomic mass is 10.1. The Labute approximate surface area is 112 Å². The molecule has 0 saturated carbocycles. The summed E-state index contributed by atoms with van der Waals surface area (Å²) < 4.78 is 10.4. The molecule has 0 aliphatic carbocycles. The van der Waals surface area contributed by atoms with Crippen LogP contribution in [0.2, 0.25) is 5.22 Å². The molecule has 0 fully saturated rings. The number of methoxy groups -OCH3 is 1. The Balaban J connectivity index is 1.92. The second kappa shape index (κ2) is 5.94. The summed E-state index contributed by atoms with van der Waals surface area (Å²) in [5, 5.41) is 3.79. The van der Waals surface area contributed by atoms with Crippen molar-refractivity contribution in [1.82, 2.24) is 5.32 Å². The highest BCUT2D eigenvalue weighted by Crippen LogP contribution is 2.18. The molecule has 96 valence electrons. The highest BCUT2D eigenvalue weighted by atomic mass is 35.5. The lowest BCUT2D eigenvalue weighted by Gasteiger charge is -2.13. The van der Waals surface area contributed by atoms with Crippen LogP contribution in [0, 0.1) is 0 Å². The van der Waals surface area contributed by atoms with Crippen LogP contribution >= 0.6 is 11.6 Å². The summed E-state index contributed by atoms with van der Waals surface area (Å²) in [5.74, 6) is 1.70. The van der Waals surface area contributed by atoms with Crippen LogP contribution in [-0.4, -0.2) is 7.11 Å². The Morgan fingerprint density at radius 2 is 1.94 bits per heavy atom. The summed E-state index contributed by atoms with van der Waals surface area (Å²) in [4.78, 5) is 0. The summed E-state index contributed by atoms with van der Waals surface area (Å²) in [6.45, 7) is 2.76.